The lowest BCUT2D eigenvalue weighted by Crippen LogP contribution is -2.26. The van der Waals surface area contributed by atoms with Crippen molar-refractivity contribution in [3.63, 3.8) is 0 Å². The minimum Gasteiger partial charge on any atom is -0.496 e. The Kier molecular flexibility index (Phi) is 4.74. The lowest BCUT2D eigenvalue weighted by atomic mass is 10.0. The Labute approximate surface area is 137 Å². The number of anilines is 1. The van der Waals surface area contributed by atoms with Crippen molar-refractivity contribution >= 4 is 5.95 Å². The smallest absolute Gasteiger partial charge is 0.246 e. The summed E-state index contributed by atoms with van der Waals surface area (Å²) in [4.78, 5) is 7.05. The summed E-state index contributed by atoms with van der Waals surface area (Å²) in [7, 11) is 1.72. The third-order valence-corrected chi connectivity index (χ3v) is 4.51. The minimum atomic E-state index is 0.255. The molecule has 1 saturated heterocycles. The first-order chi connectivity index (χ1) is 11.3. The summed E-state index contributed by atoms with van der Waals surface area (Å²) in [6, 6.07) is 8.47. The molecule has 0 amide bonds. The van der Waals surface area contributed by atoms with E-state index in [1.807, 2.05) is 12.1 Å². The first-order valence-electron chi connectivity index (χ1n) is 8.40. The summed E-state index contributed by atoms with van der Waals surface area (Å²) in [6.45, 7) is 5.17. The van der Waals surface area contributed by atoms with Gasteiger partial charge in [0.25, 0.3) is 0 Å². The van der Waals surface area contributed by atoms with Gasteiger partial charge >= 0.3 is 0 Å². The number of hydrogen-bond donors (Lipinski definition) is 0. The second-order valence-corrected chi connectivity index (χ2v) is 5.81. The molecule has 1 atom stereocenters. The normalized spacial score (nSPS) is 17.5. The second-order valence-electron chi connectivity index (χ2n) is 5.81. The van der Waals surface area contributed by atoms with Crippen molar-refractivity contribution < 1.29 is 4.74 Å². The van der Waals surface area contributed by atoms with Crippen LogP contribution in [0.2, 0.25) is 0 Å². The first kappa shape index (κ1) is 15.7. The zero-order chi connectivity index (χ0) is 16.2. The molecule has 2 heterocycles. The molecule has 1 aliphatic heterocycles. The van der Waals surface area contributed by atoms with E-state index in [9.17, 15) is 0 Å². The SMILES string of the molecule is CCc1nnc(N2CCCC2c2ccccc2OC)nc1CC. The van der Waals surface area contributed by atoms with Gasteiger partial charge in [0.1, 0.15) is 5.75 Å². The van der Waals surface area contributed by atoms with E-state index in [0.29, 0.717) is 0 Å². The van der Waals surface area contributed by atoms with Crippen LogP contribution in [0, 0.1) is 0 Å². The monoisotopic (exact) mass is 312 g/mol. The van der Waals surface area contributed by atoms with Crippen molar-refractivity contribution in [2.24, 2.45) is 0 Å². The Balaban J connectivity index is 1.96. The fourth-order valence-electron chi connectivity index (χ4n) is 3.32. The van der Waals surface area contributed by atoms with Crippen LogP contribution in [0.25, 0.3) is 0 Å². The Bertz CT molecular complexity index is 674. The van der Waals surface area contributed by atoms with Crippen LogP contribution >= 0.6 is 0 Å². The van der Waals surface area contributed by atoms with Crippen LogP contribution in [-0.2, 0) is 12.8 Å². The number of aromatic nitrogens is 3. The number of hydrogen-bond acceptors (Lipinski definition) is 5. The zero-order valence-electron chi connectivity index (χ0n) is 14.1. The van der Waals surface area contributed by atoms with E-state index in [-0.39, 0.29) is 6.04 Å². The van der Waals surface area contributed by atoms with E-state index in [0.717, 1.165) is 55.3 Å². The maximum absolute atomic E-state index is 5.54. The predicted octanol–water partition coefficient (Wildman–Crippen LogP) is 3.35. The van der Waals surface area contributed by atoms with Gasteiger partial charge in [0.2, 0.25) is 5.95 Å². The van der Waals surface area contributed by atoms with E-state index in [1.54, 1.807) is 7.11 Å². The summed E-state index contributed by atoms with van der Waals surface area (Å²) in [5, 5.41) is 8.79. The Hall–Kier alpha value is -2.17. The van der Waals surface area contributed by atoms with Gasteiger partial charge in [-0.1, -0.05) is 32.0 Å². The zero-order valence-corrected chi connectivity index (χ0v) is 14.1. The molecule has 2 aromatic rings. The third-order valence-electron chi connectivity index (χ3n) is 4.51. The molecule has 0 aliphatic carbocycles. The van der Waals surface area contributed by atoms with Crippen LogP contribution in [0.15, 0.2) is 24.3 Å². The molecular formula is C18H24N4O. The quantitative estimate of drug-likeness (QED) is 0.847. The number of rotatable bonds is 5. The topological polar surface area (TPSA) is 51.1 Å². The van der Waals surface area contributed by atoms with E-state index < -0.39 is 0 Å². The van der Waals surface area contributed by atoms with Crippen molar-refractivity contribution in [1.29, 1.82) is 0 Å². The van der Waals surface area contributed by atoms with Gasteiger partial charge < -0.3 is 9.64 Å². The van der Waals surface area contributed by atoms with E-state index in [2.05, 4.69) is 41.1 Å². The number of aryl methyl sites for hydroxylation is 2. The molecule has 0 radical (unpaired) electrons. The number of benzene rings is 1. The molecule has 23 heavy (non-hydrogen) atoms. The average molecular weight is 312 g/mol. The summed E-state index contributed by atoms with van der Waals surface area (Å²) in [5.74, 6) is 1.67. The van der Waals surface area contributed by atoms with E-state index >= 15 is 0 Å². The van der Waals surface area contributed by atoms with Gasteiger partial charge in [-0.05, 0) is 31.7 Å². The van der Waals surface area contributed by atoms with Crippen molar-refractivity contribution in [3.05, 3.63) is 41.2 Å². The van der Waals surface area contributed by atoms with Crippen molar-refractivity contribution in [2.45, 2.75) is 45.6 Å². The molecule has 0 saturated carbocycles. The van der Waals surface area contributed by atoms with Crippen LogP contribution in [-0.4, -0.2) is 28.8 Å². The van der Waals surface area contributed by atoms with Gasteiger partial charge in [-0.3, -0.25) is 0 Å². The van der Waals surface area contributed by atoms with Crippen molar-refractivity contribution in [2.75, 3.05) is 18.6 Å². The first-order valence-corrected chi connectivity index (χ1v) is 8.40. The van der Waals surface area contributed by atoms with Gasteiger partial charge in [0.15, 0.2) is 0 Å². The van der Waals surface area contributed by atoms with Gasteiger partial charge in [0.05, 0.1) is 24.5 Å². The lowest BCUT2D eigenvalue weighted by molar-refractivity contribution is 0.405. The predicted molar refractivity (Wildman–Crippen MR) is 90.9 cm³/mol. The van der Waals surface area contributed by atoms with Crippen LogP contribution in [0.1, 0.15) is 49.7 Å². The van der Waals surface area contributed by atoms with Gasteiger partial charge in [-0.2, -0.15) is 5.10 Å². The van der Waals surface area contributed by atoms with Gasteiger partial charge in [-0.15, -0.1) is 5.10 Å². The van der Waals surface area contributed by atoms with Crippen LogP contribution in [0.5, 0.6) is 5.75 Å². The molecule has 1 aromatic carbocycles. The minimum absolute atomic E-state index is 0.255. The van der Waals surface area contributed by atoms with E-state index in [4.69, 9.17) is 9.72 Å². The molecule has 0 bridgehead atoms. The molecule has 0 spiro atoms. The summed E-state index contributed by atoms with van der Waals surface area (Å²) in [5.41, 5.74) is 3.26. The van der Waals surface area contributed by atoms with Crippen molar-refractivity contribution in [3.8, 4) is 5.75 Å². The van der Waals surface area contributed by atoms with Crippen LogP contribution in [0.4, 0.5) is 5.95 Å². The molecule has 1 fully saturated rings. The third kappa shape index (κ3) is 3.00. The number of para-hydroxylation sites is 1. The maximum Gasteiger partial charge on any atom is 0.246 e. The Morgan fingerprint density at radius 1 is 1.13 bits per heavy atom. The van der Waals surface area contributed by atoms with Gasteiger partial charge in [0, 0.05) is 12.1 Å². The molecule has 0 N–H and O–H groups in total. The van der Waals surface area contributed by atoms with Crippen LogP contribution < -0.4 is 9.64 Å². The fraction of sp³-hybridized carbons (Fsp3) is 0.500. The highest BCUT2D eigenvalue weighted by Gasteiger charge is 2.30. The molecule has 5 nitrogen and oxygen atoms in total. The highest BCUT2D eigenvalue weighted by Crippen LogP contribution is 2.38. The molecule has 3 rings (SSSR count). The molecule has 1 aromatic heterocycles. The Morgan fingerprint density at radius 2 is 1.91 bits per heavy atom. The van der Waals surface area contributed by atoms with Crippen LogP contribution in [0.3, 0.4) is 0 Å². The number of nitrogens with zero attached hydrogens (tertiary/aromatic N) is 4. The molecule has 1 unspecified atom stereocenters. The summed E-state index contributed by atoms with van der Waals surface area (Å²) in [6.07, 6.45) is 3.97. The standard InChI is InChI=1S/C18H24N4O/c1-4-14-15(5-2)20-21-18(19-14)22-12-8-10-16(22)13-9-6-7-11-17(13)23-3/h6-7,9,11,16H,4-5,8,10,12H2,1-3H3. The Morgan fingerprint density at radius 3 is 2.65 bits per heavy atom. The summed E-state index contributed by atoms with van der Waals surface area (Å²) >= 11 is 0. The number of ether oxygens (including phenoxy) is 1. The van der Waals surface area contributed by atoms with Crippen molar-refractivity contribution in [1.82, 2.24) is 15.2 Å². The molecular weight excluding hydrogens is 288 g/mol. The van der Waals surface area contributed by atoms with E-state index in [1.165, 1.54) is 5.56 Å². The second kappa shape index (κ2) is 6.94. The highest BCUT2D eigenvalue weighted by atomic mass is 16.5. The maximum atomic E-state index is 5.54. The molecule has 1 aliphatic rings. The number of methoxy groups -OCH3 is 1. The lowest BCUT2D eigenvalue weighted by Gasteiger charge is -2.26. The highest BCUT2D eigenvalue weighted by molar-refractivity contribution is 5.44. The summed E-state index contributed by atoms with van der Waals surface area (Å²) < 4.78 is 5.54. The van der Waals surface area contributed by atoms with Gasteiger partial charge in [-0.25, -0.2) is 4.98 Å². The molecule has 122 valence electrons. The fourth-order valence-corrected chi connectivity index (χ4v) is 3.32. The largest absolute Gasteiger partial charge is 0.496 e. The molecule has 5 heteroatoms. The average Bonchev–Trinajstić information content (AvgIpc) is 3.10.